The summed E-state index contributed by atoms with van der Waals surface area (Å²) in [6.07, 6.45) is 1.88. The van der Waals surface area contributed by atoms with Gasteiger partial charge in [-0.25, -0.2) is 8.42 Å². The van der Waals surface area contributed by atoms with Crippen LogP contribution in [0.15, 0.2) is 48.5 Å². The van der Waals surface area contributed by atoms with E-state index in [0.29, 0.717) is 55.6 Å². The van der Waals surface area contributed by atoms with Gasteiger partial charge in [-0.2, -0.15) is 0 Å². The van der Waals surface area contributed by atoms with Gasteiger partial charge in [0.15, 0.2) is 0 Å². The molecule has 4 rings (SSSR count). The molecule has 1 aliphatic rings. The number of fused-ring (bicyclic) bond motifs is 2. The molecule has 0 saturated heterocycles. The van der Waals surface area contributed by atoms with Crippen LogP contribution in [0.5, 0.6) is 0 Å². The van der Waals surface area contributed by atoms with Crippen molar-refractivity contribution in [3.05, 3.63) is 64.8 Å². The molecule has 3 aromatic rings. The van der Waals surface area contributed by atoms with Crippen LogP contribution >= 0.6 is 11.6 Å². The van der Waals surface area contributed by atoms with Crippen LogP contribution in [-0.4, -0.2) is 80.9 Å². The number of hydrogen-bond donors (Lipinski definition) is 0. The van der Waals surface area contributed by atoms with Crippen molar-refractivity contribution in [3.8, 4) is 0 Å². The van der Waals surface area contributed by atoms with E-state index in [1.54, 1.807) is 19.2 Å². The molecule has 0 radical (unpaired) electrons. The molecule has 10 heteroatoms. The average Bonchev–Trinajstić information content (AvgIpc) is 3.22. The van der Waals surface area contributed by atoms with Crippen LogP contribution in [0.2, 0.25) is 5.02 Å². The zero-order chi connectivity index (χ0) is 27.4. The van der Waals surface area contributed by atoms with E-state index in [1.165, 1.54) is 10.6 Å². The predicted octanol–water partition coefficient (Wildman–Crippen LogP) is 4.46. The van der Waals surface area contributed by atoms with Gasteiger partial charge in [0, 0.05) is 68.3 Å². The number of sulfonamides is 1. The normalized spacial score (nSPS) is 16.1. The van der Waals surface area contributed by atoms with Gasteiger partial charge in [-0.3, -0.25) is 14.0 Å². The van der Waals surface area contributed by atoms with Crippen molar-refractivity contribution in [1.82, 2.24) is 14.4 Å². The molecule has 0 atom stereocenters. The lowest BCUT2D eigenvalue weighted by atomic mass is 10.1. The number of rotatable bonds is 6. The molecule has 0 bridgehead atoms. The molecule has 0 spiro atoms. The van der Waals surface area contributed by atoms with Crippen LogP contribution in [0, 0.1) is 0 Å². The topological polar surface area (TPSA) is 75.1 Å². The SMILES string of the molecule is COCCn1c(C(=O)N2CCN(C(C)C)CCCN(S(C)(=O)=O)c3cc(Cl)ccc3C2)cc2ccccc21. The second kappa shape index (κ2) is 12.1. The molecule has 1 aliphatic heterocycles. The fourth-order valence-electron chi connectivity index (χ4n) is 5.09. The quantitative estimate of drug-likeness (QED) is 0.445. The third-order valence-corrected chi connectivity index (χ3v) is 8.52. The van der Waals surface area contributed by atoms with Crippen molar-refractivity contribution < 1.29 is 17.9 Å². The third kappa shape index (κ3) is 6.34. The van der Waals surface area contributed by atoms with Crippen molar-refractivity contribution in [2.75, 3.05) is 50.5 Å². The number of hydrogen-bond acceptors (Lipinski definition) is 5. The van der Waals surface area contributed by atoms with E-state index < -0.39 is 10.0 Å². The highest BCUT2D eigenvalue weighted by Crippen LogP contribution is 2.30. The number of halogens is 1. The Kier molecular flexibility index (Phi) is 9.03. The second-order valence-electron chi connectivity index (χ2n) is 10.1. The number of anilines is 1. The Labute approximate surface area is 230 Å². The minimum Gasteiger partial charge on any atom is -0.383 e. The van der Waals surface area contributed by atoms with Gasteiger partial charge in [-0.1, -0.05) is 35.9 Å². The van der Waals surface area contributed by atoms with Crippen LogP contribution in [0.3, 0.4) is 0 Å². The summed E-state index contributed by atoms with van der Waals surface area (Å²) in [5.41, 5.74) is 2.83. The molecule has 0 saturated carbocycles. The molecule has 0 fully saturated rings. The molecule has 1 aromatic heterocycles. The number of ether oxygens (including phenoxy) is 1. The zero-order valence-electron chi connectivity index (χ0n) is 22.6. The number of para-hydroxylation sites is 1. The van der Waals surface area contributed by atoms with Gasteiger partial charge in [0.2, 0.25) is 10.0 Å². The monoisotopic (exact) mass is 560 g/mol. The molecule has 2 heterocycles. The van der Waals surface area contributed by atoms with Gasteiger partial charge in [0.1, 0.15) is 5.69 Å². The minimum absolute atomic E-state index is 0.105. The van der Waals surface area contributed by atoms with E-state index in [1.807, 2.05) is 45.9 Å². The van der Waals surface area contributed by atoms with Crippen LogP contribution in [0.25, 0.3) is 10.9 Å². The highest BCUT2D eigenvalue weighted by atomic mass is 35.5. The number of carbonyl (C=O) groups is 1. The van der Waals surface area contributed by atoms with Crippen molar-refractivity contribution in [1.29, 1.82) is 0 Å². The largest absolute Gasteiger partial charge is 0.383 e. The second-order valence-corrected chi connectivity index (χ2v) is 12.4. The number of methoxy groups -OCH3 is 1. The Bertz CT molecular complexity index is 1390. The highest BCUT2D eigenvalue weighted by molar-refractivity contribution is 7.92. The van der Waals surface area contributed by atoms with Crippen LogP contribution in [0.1, 0.15) is 36.3 Å². The first-order valence-corrected chi connectivity index (χ1v) is 15.2. The number of nitrogens with zero attached hydrogens (tertiary/aromatic N) is 4. The molecular formula is C28H37ClN4O4S. The maximum atomic E-state index is 14.2. The van der Waals surface area contributed by atoms with Crippen molar-refractivity contribution in [2.24, 2.45) is 0 Å². The van der Waals surface area contributed by atoms with E-state index in [-0.39, 0.29) is 18.5 Å². The minimum atomic E-state index is -3.56. The maximum Gasteiger partial charge on any atom is 0.270 e. The van der Waals surface area contributed by atoms with Gasteiger partial charge in [-0.05, 0) is 50.1 Å². The summed E-state index contributed by atoms with van der Waals surface area (Å²) >= 11 is 6.34. The molecule has 2 aromatic carbocycles. The molecule has 0 aliphatic carbocycles. The van der Waals surface area contributed by atoms with E-state index in [0.717, 1.165) is 23.0 Å². The Morgan fingerprint density at radius 1 is 1.05 bits per heavy atom. The Morgan fingerprint density at radius 2 is 1.82 bits per heavy atom. The number of amides is 1. The summed E-state index contributed by atoms with van der Waals surface area (Å²) in [6.45, 7) is 7.77. The summed E-state index contributed by atoms with van der Waals surface area (Å²) < 4.78 is 34.5. The summed E-state index contributed by atoms with van der Waals surface area (Å²) in [6, 6.07) is 15.4. The van der Waals surface area contributed by atoms with Gasteiger partial charge in [-0.15, -0.1) is 0 Å². The van der Waals surface area contributed by atoms with Gasteiger partial charge >= 0.3 is 0 Å². The Morgan fingerprint density at radius 3 is 2.53 bits per heavy atom. The summed E-state index contributed by atoms with van der Waals surface area (Å²) in [5.74, 6) is -0.105. The molecule has 8 nitrogen and oxygen atoms in total. The maximum absolute atomic E-state index is 14.2. The van der Waals surface area contributed by atoms with E-state index in [4.69, 9.17) is 16.3 Å². The molecule has 0 N–H and O–H groups in total. The Hall–Kier alpha value is -2.59. The van der Waals surface area contributed by atoms with Gasteiger partial charge < -0.3 is 14.2 Å². The van der Waals surface area contributed by atoms with E-state index >= 15 is 0 Å². The summed E-state index contributed by atoms with van der Waals surface area (Å²) in [5, 5.41) is 1.44. The number of benzene rings is 2. The first-order chi connectivity index (χ1) is 18.1. The molecule has 206 valence electrons. The van der Waals surface area contributed by atoms with Crippen LogP contribution in [-0.2, 0) is 27.8 Å². The molecule has 38 heavy (non-hydrogen) atoms. The Balaban J connectivity index is 1.81. The smallest absolute Gasteiger partial charge is 0.270 e. The van der Waals surface area contributed by atoms with Gasteiger partial charge in [0.25, 0.3) is 5.91 Å². The number of carbonyl (C=O) groups excluding carboxylic acids is 1. The fourth-order valence-corrected chi connectivity index (χ4v) is 6.25. The fraction of sp³-hybridized carbons (Fsp3) is 0.464. The van der Waals surface area contributed by atoms with E-state index in [9.17, 15) is 13.2 Å². The standard InChI is InChI=1S/C28H37ClN4O4S/c1-21(2)30-12-7-13-33(38(4,35)36)26-19-24(29)11-10-23(26)20-31(15-14-30)28(34)27-18-22-8-5-6-9-25(22)32(27)16-17-37-3/h5-6,8-11,18-19,21H,7,12-17,20H2,1-4H3. The lowest BCUT2D eigenvalue weighted by Crippen LogP contribution is -2.42. The van der Waals surface area contributed by atoms with E-state index in [2.05, 4.69) is 18.7 Å². The van der Waals surface area contributed by atoms with Crippen molar-refractivity contribution in [2.45, 2.75) is 39.4 Å². The average molecular weight is 561 g/mol. The molecule has 0 unspecified atom stereocenters. The highest BCUT2D eigenvalue weighted by Gasteiger charge is 2.27. The number of aromatic nitrogens is 1. The van der Waals surface area contributed by atoms with Gasteiger partial charge in [0.05, 0.1) is 18.6 Å². The molecular weight excluding hydrogens is 524 g/mol. The first-order valence-electron chi connectivity index (χ1n) is 13.0. The third-order valence-electron chi connectivity index (χ3n) is 7.11. The predicted molar refractivity (Wildman–Crippen MR) is 154 cm³/mol. The van der Waals surface area contributed by atoms with Crippen molar-refractivity contribution >= 4 is 44.1 Å². The lowest BCUT2D eigenvalue weighted by molar-refractivity contribution is 0.0699. The van der Waals surface area contributed by atoms with Crippen LogP contribution < -0.4 is 4.31 Å². The lowest BCUT2D eigenvalue weighted by Gasteiger charge is -2.30. The van der Waals surface area contributed by atoms with Crippen LogP contribution in [0.4, 0.5) is 5.69 Å². The first kappa shape index (κ1) is 28.4. The van der Waals surface area contributed by atoms with Crippen molar-refractivity contribution in [3.63, 3.8) is 0 Å². The summed E-state index contributed by atoms with van der Waals surface area (Å²) in [7, 11) is -1.91. The zero-order valence-corrected chi connectivity index (χ0v) is 24.1. The summed E-state index contributed by atoms with van der Waals surface area (Å²) in [4.78, 5) is 18.3. The molecule has 1 amide bonds.